The van der Waals surface area contributed by atoms with Crippen LogP contribution in [0.5, 0.6) is 0 Å². The molecule has 0 N–H and O–H groups in total. The van der Waals surface area contributed by atoms with E-state index in [4.69, 9.17) is 0 Å². The maximum absolute atomic E-state index is 4.30. The second-order valence-electron chi connectivity index (χ2n) is 9.51. The summed E-state index contributed by atoms with van der Waals surface area (Å²) in [7, 11) is 0. The number of rotatable bonds is 24. The predicted octanol–water partition coefficient (Wildman–Crippen LogP) is 10.8. The van der Waals surface area contributed by atoms with E-state index in [1.807, 2.05) is 0 Å². The standard InChI is InChI=1S/C28H57/c1-4-6-8-9-10-11-12-13-14-15-16-17-18-19-20-21-22-23-24-25-27-28(3)26-7-5-2/h28H,3-27H2,1-2H3. The first-order valence-electron chi connectivity index (χ1n) is 13.6. The van der Waals surface area contributed by atoms with Crippen LogP contribution < -0.4 is 0 Å². The fourth-order valence-electron chi connectivity index (χ4n) is 4.33. The highest BCUT2D eigenvalue weighted by molar-refractivity contribution is 4.61. The third-order valence-electron chi connectivity index (χ3n) is 6.43. The molecular formula is C28H57. The van der Waals surface area contributed by atoms with Gasteiger partial charge in [0.2, 0.25) is 0 Å². The normalized spacial score (nSPS) is 12.5. The summed E-state index contributed by atoms with van der Waals surface area (Å²) in [6.07, 6.45) is 34.7. The van der Waals surface area contributed by atoms with Crippen LogP contribution >= 0.6 is 0 Å². The molecule has 0 aromatic carbocycles. The molecule has 0 aliphatic carbocycles. The lowest BCUT2D eigenvalue weighted by molar-refractivity contribution is 0.472. The van der Waals surface area contributed by atoms with Gasteiger partial charge in [0.25, 0.3) is 0 Å². The summed E-state index contributed by atoms with van der Waals surface area (Å²) in [4.78, 5) is 0. The minimum Gasteiger partial charge on any atom is -0.0654 e. The monoisotopic (exact) mass is 393 g/mol. The molecule has 1 radical (unpaired) electrons. The molecule has 0 rings (SSSR count). The molecule has 0 aliphatic heterocycles. The molecule has 0 heteroatoms. The minimum absolute atomic E-state index is 0.718. The highest BCUT2D eigenvalue weighted by Crippen LogP contribution is 2.17. The zero-order chi connectivity index (χ0) is 20.5. The number of hydrogen-bond donors (Lipinski definition) is 0. The van der Waals surface area contributed by atoms with Gasteiger partial charge in [-0.25, -0.2) is 0 Å². The predicted molar refractivity (Wildman–Crippen MR) is 131 cm³/mol. The highest BCUT2D eigenvalue weighted by Gasteiger charge is 2.01. The zero-order valence-corrected chi connectivity index (χ0v) is 20.3. The summed E-state index contributed by atoms with van der Waals surface area (Å²) >= 11 is 0. The van der Waals surface area contributed by atoms with Gasteiger partial charge >= 0.3 is 0 Å². The second-order valence-corrected chi connectivity index (χ2v) is 9.51. The first-order chi connectivity index (χ1) is 13.8. The summed E-state index contributed by atoms with van der Waals surface area (Å²) < 4.78 is 0. The summed E-state index contributed by atoms with van der Waals surface area (Å²) in [5.41, 5.74) is 0. The summed E-state index contributed by atoms with van der Waals surface area (Å²) in [5.74, 6) is 0.718. The molecular weight excluding hydrogens is 336 g/mol. The third kappa shape index (κ3) is 24.0. The van der Waals surface area contributed by atoms with Crippen molar-refractivity contribution in [3.8, 4) is 0 Å². The van der Waals surface area contributed by atoms with Crippen molar-refractivity contribution in [2.24, 2.45) is 5.92 Å². The largest absolute Gasteiger partial charge is 0.0654 e. The van der Waals surface area contributed by atoms with Crippen LogP contribution in [-0.4, -0.2) is 0 Å². The molecule has 1 unspecified atom stereocenters. The van der Waals surface area contributed by atoms with Crippen molar-refractivity contribution in [3.05, 3.63) is 6.92 Å². The first-order valence-corrected chi connectivity index (χ1v) is 13.6. The van der Waals surface area contributed by atoms with Crippen molar-refractivity contribution in [1.29, 1.82) is 0 Å². The van der Waals surface area contributed by atoms with Gasteiger partial charge < -0.3 is 0 Å². The molecule has 0 fully saturated rings. The van der Waals surface area contributed by atoms with Crippen LogP contribution in [0.15, 0.2) is 0 Å². The van der Waals surface area contributed by atoms with Crippen molar-refractivity contribution in [2.75, 3.05) is 0 Å². The smallest absolute Gasteiger partial charge is 0.0414 e. The summed E-state index contributed by atoms with van der Waals surface area (Å²) in [6, 6.07) is 0. The third-order valence-corrected chi connectivity index (χ3v) is 6.43. The molecule has 0 bridgehead atoms. The van der Waals surface area contributed by atoms with E-state index in [9.17, 15) is 0 Å². The molecule has 0 aliphatic rings. The molecule has 0 saturated carbocycles. The van der Waals surface area contributed by atoms with Crippen LogP contribution in [0.4, 0.5) is 0 Å². The van der Waals surface area contributed by atoms with Crippen LogP contribution in [0.25, 0.3) is 0 Å². The molecule has 0 amide bonds. The molecule has 0 aromatic heterocycles. The molecule has 0 aromatic rings. The van der Waals surface area contributed by atoms with Gasteiger partial charge in [-0.2, -0.15) is 0 Å². The first kappa shape index (κ1) is 28.0. The Labute approximate surface area is 181 Å². The van der Waals surface area contributed by atoms with E-state index in [-0.39, 0.29) is 0 Å². The van der Waals surface area contributed by atoms with Crippen molar-refractivity contribution < 1.29 is 0 Å². The SMILES string of the molecule is [CH2]C(CCCC)CCCCCCCCCCCCCCCCCCCCCC. The quantitative estimate of drug-likeness (QED) is 0.143. The highest BCUT2D eigenvalue weighted by atomic mass is 14.1. The second kappa shape index (κ2) is 25.0. The van der Waals surface area contributed by atoms with Gasteiger partial charge in [0.1, 0.15) is 0 Å². The Morgan fingerprint density at radius 1 is 0.357 bits per heavy atom. The van der Waals surface area contributed by atoms with E-state index >= 15 is 0 Å². The Balaban J connectivity index is 3.03. The van der Waals surface area contributed by atoms with Crippen LogP contribution in [-0.2, 0) is 0 Å². The topological polar surface area (TPSA) is 0 Å². The zero-order valence-electron chi connectivity index (χ0n) is 20.3. The van der Waals surface area contributed by atoms with Crippen molar-refractivity contribution in [2.45, 2.75) is 168 Å². The van der Waals surface area contributed by atoms with E-state index in [0.29, 0.717) is 0 Å². The minimum atomic E-state index is 0.718. The fraction of sp³-hybridized carbons (Fsp3) is 0.964. The Morgan fingerprint density at radius 2 is 0.607 bits per heavy atom. The van der Waals surface area contributed by atoms with Crippen molar-refractivity contribution in [3.63, 3.8) is 0 Å². The van der Waals surface area contributed by atoms with Crippen LogP contribution in [0, 0.1) is 12.8 Å². The molecule has 0 nitrogen and oxygen atoms in total. The van der Waals surface area contributed by atoms with E-state index in [0.717, 1.165) is 5.92 Å². The van der Waals surface area contributed by atoms with E-state index in [1.165, 1.54) is 154 Å². The van der Waals surface area contributed by atoms with Gasteiger partial charge in [0.05, 0.1) is 0 Å². The fourth-order valence-corrected chi connectivity index (χ4v) is 4.33. The van der Waals surface area contributed by atoms with Gasteiger partial charge in [0, 0.05) is 0 Å². The van der Waals surface area contributed by atoms with Crippen LogP contribution in [0.3, 0.4) is 0 Å². The summed E-state index contributed by atoms with van der Waals surface area (Å²) in [6.45, 7) is 8.88. The Bertz CT molecular complexity index is 257. The molecule has 169 valence electrons. The maximum atomic E-state index is 4.30. The Morgan fingerprint density at radius 3 is 0.929 bits per heavy atom. The number of hydrogen-bond acceptors (Lipinski definition) is 0. The molecule has 1 atom stereocenters. The van der Waals surface area contributed by atoms with Crippen molar-refractivity contribution >= 4 is 0 Å². The van der Waals surface area contributed by atoms with Gasteiger partial charge in [-0.1, -0.05) is 175 Å². The lowest BCUT2D eigenvalue weighted by Crippen LogP contribution is -1.94. The average Bonchev–Trinajstić information content (AvgIpc) is 2.70. The van der Waals surface area contributed by atoms with Gasteiger partial charge in [-0.3, -0.25) is 0 Å². The van der Waals surface area contributed by atoms with Gasteiger partial charge in [-0.05, 0) is 5.92 Å². The average molecular weight is 394 g/mol. The van der Waals surface area contributed by atoms with Crippen LogP contribution in [0.2, 0.25) is 0 Å². The molecule has 0 saturated heterocycles. The summed E-state index contributed by atoms with van der Waals surface area (Å²) in [5, 5.41) is 0. The van der Waals surface area contributed by atoms with Crippen LogP contribution in [0.1, 0.15) is 168 Å². The Hall–Kier alpha value is 0. The molecule has 28 heavy (non-hydrogen) atoms. The maximum Gasteiger partial charge on any atom is -0.0414 e. The molecule has 0 spiro atoms. The van der Waals surface area contributed by atoms with Gasteiger partial charge in [0.15, 0.2) is 0 Å². The van der Waals surface area contributed by atoms with E-state index in [2.05, 4.69) is 20.8 Å². The van der Waals surface area contributed by atoms with Gasteiger partial charge in [-0.15, -0.1) is 0 Å². The Kier molecular flexibility index (Phi) is 25.0. The van der Waals surface area contributed by atoms with Crippen molar-refractivity contribution in [1.82, 2.24) is 0 Å². The lowest BCUT2D eigenvalue weighted by Gasteiger charge is -2.09. The van der Waals surface area contributed by atoms with E-state index < -0.39 is 0 Å². The van der Waals surface area contributed by atoms with E-state index in [1.54, 1.807) is 0 Å². The lowest BCUT2D eigenvalue weighted by atomic mass is 9.97. The molecule has 0 heterocycles. The number of unbranched alkanes of at least 4 members (excludes halogenated alkanes) is 20.